The fourth-order valence-electron chi connectivity index (χ4n) is 1.68. The van der Waals surface area contributed by atoms with Crippen LogP contribution in [-0.4, -0.2) is 5.16 Å². The summed E-state index contributed by atoms with van der Waals surface area (Å²) in [6.07, 6.45) is 0. The van der Waals surface area contributed by atoms with Crippen molar-refractivity contribution in [1.82, 2.24) is 5.16 Å². The van der Waals surface area contributed by atoms with Crippen molar-refractivity contribution in [3.8, 4) is 11.1 Å². The molecule has 16 heavy (non-hydrogen) atoms. The Hall–Kier alpha value is -1.49. The van der Waals surface area contributed by atoms with Gasteiger partial charge in [-0.1, -0.05) is 5.16 Å². The quantitative estimate of drug-likeness (QED) is 0.788. The first-order valence-corrected chi connectivity index (χ1v) is 5.57. The van der Waals surface area contributed by atoms with Gasteiger partial charge < -0.3 is 16.0 Å². The lowest BCUT2D eigenvalue weighted by atomic mass is 10.0. The molecule has 0 radical (unpaired) electrons. The average molecular weight is 282 g/mol. The van der Waals surface area contributed by atoms with Crippen LogP contribution in [-0.2, 0) is 0 Å². The number of benzene rings is 1. The lowest BCUT2D eigenvalue weighted by Crippen LogP contribution is -1.96. The number of nitrogen functional groups attached to an aromatic ring is 2. The minimum absolute atomic E-state index is 0.546. The summed E-state index contributed by atoms with van der Waals surface area (Å²) in [5.74, 6) is 0.772. The highest BCUT2D eigenvalue weighted by Gasteiger charge is 2.13. The fourth-order valence-corrected chi connectivity index (χ4v) is 2.15. The molecule has 0 aliphatic rings. The van der Waals surface area contributed by atoms with Crippen LogP contribution in [0.1, 0.15) is 11.5 Å². The van der Waals surface area contributed by atoms with Crippen molar-refractivity contribution in [2.24, 2.45) is 0 Å². The molecule has 5 heteroatoms. The van der Waals surface area contributed by atoms with Crippen LogP contribution in [0.15, 0.2) is 21.1 Å². The Balaban J connectivity index is 2.66. The third kappa shape index (κ3) is 1.67. The number of aryl methyl sites for hydroxylation is 2. The second-order valence-electron chi connectivity index (χ2n) is 3.66. The molecule has 0 amide bonds. The standard InChI is InChI=1S/C11H12BrN3O/c1-5-10(6(2)16-15-5)7-3-8(12)11(14)9(13)4-7/h3-4H,13-14H2,1-2H3. The molecule has 2 rings (SSSR count). The molecule has 84 valence electrons. The Morgan fingerprint density at radius 3 is 2.44 bits per heavy atom. The van der Waals surface area contributed by atoms with Crippen LogP contribution in [0.5, 0.6) is 0 Å². The molecule has 0 fully saturated rings. The molecule has 0 aliphatic carbocycles. The summed E-state index contributed by atoms with van der Waals surface area (Å²) in [4.78, 5) is 0. The zero-order valence-electron chi connectivity index (χ0n) is 9.04. The van der Waals surface area contributed by atoms with Gasteiger partial charge in [-0.3, -0.25) is 0 Å². The van der Waals surface area contributed by atoms with Crippen LogP contribution < -0.4 is 11.5 Å². The zero-order valence-corrected chi connectivity index (χ0v) is 10.6. The molecule has 1 aromatic heterocycles. The first-order valence-electron chi connectivity index (χ1n) is 4.78. The Morgan fingerprint density at radius 2 is 1.94 bits per heavy atom. The predicted molar refractivity (Wildman–Crippen MR) is 67.9 cm³/mol. The molecule has 0 bridgehead atoms. The van der Waals surface area contributed by atoms with Crippen molar-refractivity contribution in [3.63, 3.8) is 0 Å². The Kier molecular flexibility index (Phi) is 2.63. The maximum absolute atomic E-state index is 5.82. The lowest BCUT2D eigenvalue weighted by molar-refractivity contribution is 0.393. The van der Waals surface area contributed by atoms with E-state index in [2.05, 4.69) is 21.1 Å². The van der Waals surface area contributed by atoms with Gasteiger partial charge in [0.2, 0.25) is 0 Å². The highest BCUT2D eigenvalue weighted by molar-refractivity contribution is 9.10. The predicted octanol–water partition coefficient (Wildman–Crippen LogP) is 2.89. The van der Waals surface area contributed by atoms with Gasteiger partial charge in [-0.05, 0) is 47.5 Å². The van der Waals surface area contributed by atoms with Crippen LogP contribution >= 0.6 is 15.9 Å². The molecule has 1 heterocycles. The van der Waals surface area contributed by atoms with Gasteiger partial charge in [-0.15, -0.1) is 0 Å². The van der Waals surface area contributed by atoms with Gasteiger partial charge in [0.1, 0.15) is 5.76 Å². The summed E-state index contributed by atoms with van der Waals surface area (Å²) >= 11 is 3.38. The van der Waals surface area contributed by atoms with Crippen molar-refractivity contribution in [2.75, 3.05) is 11.5 Å². The van der Waals surface area contributed by atoms with Gasteiger partial charge in [-0.25, -0.2) is 0 Å². The van der Waals surface area contributed by atoms with Crippen molar-refractivity contribution >= 4 is 27.3 Å². The summed E-state index contributed by atoms with van der Waals surface area (Å²) in [7, 11) is 0. The topological polar surface area (TPSA) is 78.1 Å². The lowest BCUT2D eigenvalue weighted by Gasteiger charge is -2.07. The summed E-state index contributed by atoms with van der Waals surface area (Å²) in [6.45, 7) is 3.77. The first-order chi connectivity index (χ1) is 7.50. The summed E-state index contributed by atoms with van der Waals surface area (Å²) in [6, 6.07) is 3.74. The average Bonchev–Trinajstić information content (AvgIpc) is 2.54. The Bertz CT molecular complexity index is 506. The smallest absolute Gasteiger partial charge is 0.141 e. The van der Waals surface area contributed by atoms with Crippen LogP contribution in [0.2, 0.25) is 0 Å². The molecule has 0 unspecified atom stereocenters. The van der Waals surface area contributed by atoms with E-state index in [1.54, 1.807) is 0 Å². The number of hydrogen-bond donors (Lipinski definition) is 2. The van der Waals surface area contributed by atoms with Crippen molar-refractivity contribution in [2.45, 2.75) is 13.8 Å². The molecular weight excluding hydrogens is 270 g/mol. The van der Waals surface area contributed by atoms with Gasteiger partial charge in [0.05, 0.1) is 17.1 Å². The normalized spacial score (nSPS) is 10.7. The molecule has 0 atom stereocenters. The Labute approximate surface area is 102 Å². The van der Waals surface area contributed by atoms with Gasteiger partial charge >= 0.3 is 0 Å². The number of rotatable bonds is 1. The van der Waals surface area contributed by atoms with E-state index in [1.807, 2.05) is 26.0 Å². The highest BCUT2D eigenvalue weighted by atomic mass is 79.9. The summed E-state index contributed by atoms with van der Waals surface area (Å²) in [5, 5.41) is 3.91. The number of halogens is 1. The molecule has 0 spiro atoms. The fraction of sp³-hybridized carbons (Fsp3) is 0.182. The monoisotopic (exact) mass is 281 g/mol. The first kappa shape index (κ1) is 11.0. The molecule has 0 aliphatic heterocycles. The van der Waals surface area contributed by atoms with Crippen LogP contribution in [0.4, 0.5) is 11.4 Å². The Morgan fingerprint density at radius 1 is 1.25 bits per heavy atom. The number of nitrogens with two attached hydrogens (primary N) is 2. The van der Waals surface area contributed by atoms with Gasteiger partial charge in [0, 0.05) is 10.0 Å². The number of anilines is 2. The maximum atomic E-state index is 5.82. The van der Waals surface area contributed by atoms with E-state index in [0.29, 0.717) is 11.4 Å². The second-order valence-corrected chi connectivity index (χ2v) is 4.51. The number of aromatic nitrogens is 1. The minimum Gasteiger partial charge on any atom is -0.397 e. The van der Waals surface area contributed by atoms with E-state index in [4.69, 9.17) is 16.0 Å². The van der Waals surface area contributed by atoms with Crippen LogP contribution in [0.25, 0.3) is 11.1 Å². The van der Waals surface area contributed by atoms with E-state index in [0.717, 1.165) is 27.1 Å². The van der Waals surface area contributed by atoms with E-state index < -0.39 is 0 Å². The van der Waals surface area contributed by atoms with Crippen molar-refractivity contribution < 1.29 is 4.52 Å². The minimum atomic E-state index is 0.546. The third-order valence-electron chi connectivity index (χ3n) is 2.48. The van der Waals surface area contributed by atoms with E-state index >= 15 is 0 Å². The molecule has 1 aromatic carbocycles. The maximum Gasteiger partial charge on any atom is 0.141 e. The van der Waals surface area contributed by atoms with Crippen molar-refractivity contribution in [1.29, 1.82) is 0 Å². The molecule has 4 nitrogen and oxygen atoms in total. The van der Waals surface area contributed by atoms with Gasteiger partial charge in [0.15, 0.2) is 0 Å². The summed E-state index contributed by atoms with van der Waals surface area (Å²) < 4.78 is 5.90. The zero-order chi connectivity index (χ0) is 11.9. The van der Waals surface area contributed by atoms with Gasteiger partial charge in [-0.2, -0.15) is 0 Å². The van der Waals surface area contributed by atoms with Crippen LogP contribution in [0.3, 0.4) is 0 Å². The van der Waals surface area contributed by atoms with Gasteiger partial charge in [0.25, 0.3) is 0 Å². The van der Waals surface area contributed by atoms with Crippen LogP contribution in [0, 0.1) is 13.8 Å². The second kappa shape index (κ2) is 3.83. The summed E-state index contributed by atoms with van der Waals surface area (Å²) in [5.41, 5.74) is 15.4. The van der Waals surface area contributed by atoms with E-state index in [1.165, 1.54) is 0 Å². The molecule has 4 N–H and O–H groups in total. The molecular formula is C11H12BrN3O. The van der Waals surface area contributed by atoms with E-state index in [-0.39, 0.29) is 0 Å². The molecule has 0 saturated heterocycles. The highest BCUT2D eigenvalue weighted by Crippen LogP contribution is 2.35. The van der Waals surface area contributed by atoms with E-state index in [9.17, 15) is 0 Å². The number of nitrogens with zero attached hydrogens (tertiary/aromatic N) is 1. The number of hydrogen-bond acceptors (Lipinski definition) is 4. The molecule has 0 saturated carbocycles. The third-order valence-corrected chi connectivity index (χ3v) is 3.14. The molecule has 2 aromatic rings. The van der Waals surface area contributed by atoms with Crippen molar-refractivity contribution in [3.05, 3.63) is 28.1 Å². The SMILES string of the molecule is Cc1noc(C)c1-c1cc(N)c(N)c(Br)c1. The largest absolute Gasteiger partial charge is 0.397 e.